The Bertz CT molecular complexity index is 476. The van der Waals surface area contributed by atoms with Crippen LogP contribution in [0.3, 0.4) is 0 Å². The van der Waals surface area contributed by atoms with E-state index in [0.717, 1.165) is 11.6 Å². The van der Waals surface area contributed by atoms with E-state index in [4.69, 9.17) is 0 Å². The van der Waals surface area contributed by atoms with Gasteiger partial charge in [0.15, 0.2) is 0 Å². The Balaban J connectivity index is 0.00000162. The number of nitrogens with one attached hydrogen (secondary N) is 2. The Morgan fingerprint density at radius 1 is 1.67 bits per heavy atom. The van der Waals surface area contributed by atoms with Gasteiger partial charge in [-0.05, 0) is 22.0 Å². The number of aryl methyl sites for hydroxylation is 1. The molecular formula is C10H13BrClN3O2S. The van der Waals surface area contributed by atoms with E-state index in [9.17, 15) is 9.59 Å². The van der Waals surface area contributed by atoms with Gasteiger partial charge in [0.05, 0.1) is 16.2 Å². The molecule has 100 valence electrons. The number of carbonyl (C=O) groups is 1. The van der Waals surface area contributed by atoms with Gasteiger partial charge in [-0.25, -0.2) is 0 Å². The van der Waals surface area contributed by atoms with Crippen LogP contribution in [0.15, 0.2) is 21.5 Å². The van der Waals surface area contributed by atoms with Crippen LogP contribution in [0.5, 0.6) is 0 Å². The van der Waals surface area contributed by atoms with Crippen LogP contribution >= 0.6 is 40.1 Å². The van der Waals surface area contributed by atoms with Crippen LogP contribution in [0.25, 0.3) is 0 Å². The van der Waals surface area contributed by atoms with Gasteiger partial charge >= 0.3 is 0 Å². The second-order valence-electron chi connectivity index (χ2n) is 3.75. The molecule has 0 spiro atoms. The summed E-state index contributed by atoms with van der Waals surface area (Å²) in [5.74, 6) is 1.51. The van der Waals surface area contributed by atoms with Gasteiger partial charge in [0.1, 0.15) is 0 Å². The molecule has 5 nitrogen and oxygen atoms in total. The molecular weight excluding hydrogens is 342 g/mol. The molecule has 1 aromatic rings. The molecule has 18 heavy (non-hydrogen) atoms. The lowest BCUT2D eigenvalue weighted by Crippen LogP contribution is -2.37. The number of carbonyl (C=O) groups excluding carboxylic acids is 1. The van der Waals surface area contributed by atoms with Crippen LogP contribution in [0.2, 0.25) is 0 Å². The standard InChI is InChI=1S/C10H12BrN3O2S.ClH/c1-14-3-6(2-7(11)10(14)16)13-9(15)8-4-17-5-12-8;/h2-3,8,12H,4-5H2,1H3,(H,13,15);1H. The number of hydrogen-bond acceptors (Lipinski definition) is 4. The van der Waals surface area contributed by atoms with E-state index in [1.807, 2.05) is 0 Å². The second kappa shape index (κ2) is 6.60. The molecule has 0 aromatic carbocycles. The average molecular weight is 355 g/mol. The predicted molar refractivity (Wildman–Crippen MR) is 79.5 cm³/mol. The number of amides is 1. The molecule has 0 aliphatic carbocycles. The Hall–Kier alpha value is -0.500. The maximum Gasteiger partial charge on any atom is 0.264 e. The first-order chi connectivity index (χ1) is 8.08. The highest BCUT2D eigenvalue weighted by Crippen LogP contribution is 2.14. The molecule has 1 aromatic heterocycles. The minimum atomic E-state index is -0.156. The highest BCUT2D eigenvalue weighted by molar-refractivity contribution is 9.10. The smallest absolute Gasteiger partial charge is 0.264 e. The first-order valence-electron chi connectivity index (χ1n) is 5.06. The molecule has 1 aliphatic rings. The van der Waals surface area contributed by atoms with Crippen molar-refractivity contribution in [1.82, 2.24) is 9.88 Å². The topological polar surface area (TPSA) is 63.1 Å². The number of aromatic nitrogens is 1. The Kier molecular flexibility index (Phi) is 5.71. The summed E-state index contributed by atoms with van der Waals surface area (Å²) < 4.78 is 1.86. The summed E-state index contributed by atoms with van der Waals surface area (Å²) in [6.07, 6.45) is 1.60. The quantitative estimate of drug-likeness (QED) is 0.837. The molecule has 1 aliphatic heterocycles. The molecule has 0 radical (unpaired) electrons. The lowest BCUT2D eigenvalue weighted by Gasteiger charge is -2.11. The predicted octanol–water partition coefficient (Wildman–Crippen LogP) is 1.17. The summed E-state index contributed by atoms with van der Waals surface area (Å²) in [5, 5.41) is 5.88. The third-order valence-electron chi connectivity index (χ3n) is 2.44. The first-order valence-corrected chi connectivity index (χ1v) is 7.01. The van der Waals surface area contributed by atoms with E-state index < -0.39 is 0 Å². The summed E-state index contributed by atoms with van der Waals surface area (Å²) in [5.41, 5.74) is 0.486. The molecule has 2 rings (SSSR count). The van der Waals surface area contributed by atoms with Crippen LogP contribution in [0.4, 0.5) is 5.69 Å². The third-order valence-corrected chi connectivity index (χ3v) is 3.95. The first kappa shape index (κ1) is 15.6. The summed E-state index contributed by atoms with van der Waals surface area (Å²) in [6, 6.07) is 1.46. The molecule has 0 bridgehead atoms. The summed E-state index contributed by atoms with van der Waals surface area (Å²) in [4.78, 5) is 23.3. The van der Waals surface area contributed by atoms with E-state index in [1.165, 1.54) is 4.57 Å². The molecule has 8 heteroatoms. The molecule has 1 amide bonds. The van der Waals surface area contributed by atoms with Crippen LogP contribution in [-0.2, 0) is 11.8 Å². The highest BCUT2D eigenvalue weighted by Gasteiger charge is 2.22. The maximum absolute atomic E-state index is 11.8. The lowest BCUT2D eigenvalue weighted by atomic mass is 10.3. The normalized spacial score (nSPS) is 18.2. The Morgan fingerprint density at radius 2 is 2.39 bits per heavy atom. The van der Waals surface area contributed by atoms with Gasteiger partial charge in [-0.3, -0.25) is 14.9 Å². The second-order valence-corrected chi connectivity index (χ2v) is 5.64. The van der Waals surface area contributed by atoms with E-state index in [0.29, 0.717) is 10.2 Å². The summed E-state index contributed by atoms with van der Waals surface area (Å²) in [6.45, 7) is 0. The number of anilines is 1. The van der Waals surface area contributed by atoms with Crippen LogP contribution in [-0.4, -0.2) is 28.1 Å². The highest BCUT2D eigenvalue weighted by atomic mass is 79.9. The number of pyridine rings is 1. The fourth-order valence-corrected chi connectivity index (χ4v) is 3.00. The molecule has 1 atom stereocenters. The monoisotopic (exact) mass is 353 g/mol. The maximum atomic E-state index is 11.8. The van der Waals surface area contributed by atoms with Gasteiger partial charge in [0.25, 0.3) is 5.56 Å². The van der Waals surface area contributed by atoms with E-state index in [1.54, 1.807) is 31.1 Å². The van der Waals surface area contributed by atoms with Crippen molar-refractivity contribution in [3.8, 4) is 0 Å². The largest absolute Gasteiger partial charge is 0.323 e. The molecule has 1 fully saturated rings. The van der Waals surface area contributed by atoms with Crippen molar-refractivity contribution in [2.24, 2.45) is 7.05 Å². The van der Waals surface area contributed by atoms with E-state index >= 15 is 0 Å². The summed E-state index contributed by atoms with van der Waals surface area (Å²) >= 11 is 4.86. The van der Waals surface area contributed by atoms with Gasteiger partial charge in [-0.1, -0.05) is 0 Å². The Labute approximate surface area is 123 Å². The fourth-order valence-electron chi connectivity index (χ4n) is 1.53. The number of rotatable bonds is 2. The molecule has 2 heterocycles. The molecule has 1 saturated heterocycles. The van der Waals surface area contributed by atoms with Crippen LogP contribution in [0, 0.1) is 0 Å². The fraction of sp³-hybridized carbons (Fsp3) is 0.400. The van der Waals surface area contributed by atoms with Gasteiger partial charge in [-0.2, -0.15) is 0 Å². The van der Waals surface area contributed by atoms with Crippen molar-refractivity contribution >= 4 is 51.7 Å². The minimum Gasteiger partial charge on any atom is -0.323 e. The van der Waals surface area contributed by atoms with Crippen LogP contribution in [0.1, 0.15) is 0 Å². The molecule has 0 saturated carbocycles. The van der Waals surface area contributed by atoms with Crippen molar-refractivity contribution in [2.75, 3.05) is 16.9 Å². The lowest BCUT2D eigenvalue weighted by molar-refractivity contribution is -0.117. The van der Waals surface area contributed by atoms with Crippen molar-refractivity contribution in [1.29, 1.82) is 0 Å². The molecule has 1 unspecified atom stereocenters. The Morgan fingerprint density at radius 3 is 2.94 bits per heavy atom. The van der Waals surface area contributed by atoms with Crippen molar-refractivity contribution < 1.29 is 4.79 Å². The van der Waals surface area contributed by atoms with Crippen molar-refractivity contribution in [3.63, 3.8) is 0 Å². The zero-order valence-corrected chi connectivity index (χ0v) is 12.8. The van der Waals surface area contributed by atoms with E-state index in [2.05, 4.69) is 26.6 Å². The van der Waals surface area contributed by atoms with Crippen LogP contribution < -0.4 is 16.2 Å². The summed E-state index contributed by atoms with van der Waals surface area (Å²) in [7, 11) is 1.65. The van der Waals surface area contributed by atoms with E-state index in [-0.39, 0.29) is 29.9 Å². The van der Waals surface area contributed by atoms with Crippen molar-refractivity contribution in [2.45, 2.75) is 6.04 Å². The average Bonchev–Trinajstić information content (AvgIpc) is 2.79. The number of hydrogen-bond donors (Lipinski definition) is 2. The van der Waals surface area contributed by atoms with Gasteiger partial charge in [0.2, 0.25) is 5.91 Å². The zero-order chi connectivity index (χ0) is 12.4. The minimum absolute atomic E-state index is 0. The van der Waals surface area contributed by atoms with Gasteiger partial charge in [-0.15, -0.1) is 24.2 Å². The van der Waals surface area contributed by atoms with Crippen molar-refractivity contribution in [3.05, 3.63) is 27.1 Å². The molecule has 2 N–H and O–H groups in total. The number of halogens is 2. The zero-order valence-electron chi connectivity index (χ0n) is 9.60. The number of nitrogens with zero attached hydrogens (tertiary/aromatic N) is 1. The van der Waals surface area contributed by atoms with Gasteiger partial charge < -0.3 is 9.88 Å². The third kappa shape index (κ3) is 3.50. The van der Waals surface area contributed by atoms with Gasteiger partial charge in [0, 0.05) is 24.9 Å². The number of thioether (sulfide) groups is 1. The SMILES string of the molecule is Cl.Cn1cc(NC(=O)C2CSCN2)cc(Br)c1=O.